The van der Waals surface area contributed by atoms with E-state index < -0.39 is 0 Å². The maximum atomic E-state index is 11.5. The van der Waals surface area contributed by atoms with E-state index in [2.05, 4.69) is 0 Å². The van der Waals surface area contributed by atoms with Gasteiger partial charge in [0, 0.05) is 18.8 Å². The van der Waals surface area contributed by atoms with Crippen molar-refractivity contribution in [2.45, 2.75) is 38.7 Å². The molecule has 5 heteroatoms. The van der Waals surface area contributed by atoms with Gasteiger partial charge in [-0.2, -0.15) is 11.8 Å². The molecule has 1 heterocycles. The van der Waals surface area contributed by atoms with Crippen molar-refractivity contribution >= 4 is 23.5 Å². The molecule has 1 aliphatic heterocycles. The Labute approximate surface area is 106 Å². The third kappa shape index (κ3) is 6.68. The van der Waals surface area contributed by atoms with E-state index in [0.717, 1.165) is 25.2 Å². The van der Waals surface area contributed by atoms with E-state index >= 15 is 0 Å². The van der Waals surface area contributed by atoms with Crippen LogP contribution in [0.2, 0.25) is 0 Å². The highest BCUT2D eigenvalue weighted by molar-refractivity contribution is 8.00. The Bertz CT molecular complexity index is 249. The van der Waals surface area contributed by atoms with Gasteiger partial charge in [-0.3, -0.25) is 9.59 Å². The van der Waals surface area contributed by atoms with Crippen molar-refractivity contribution in [3.05, 3.63) is 0 Å². The lowest BCUT2D eigenvalue weighted by atomic mass is 10.2. The first kappa shape index (κ1) is 14.5. The number of ketones is 1. The van der Waals surface area contributed by atoms with Crippen molar-refractivity contribution in [3.8, 4) is 0 Å². The van der Waals surface area contributed by atoms with Crippen molar-refractivity contribution < 1.29 is 19.1 Å². The molecule has 0 radical (unpaired) electrons. The predicted octanol–water partition coefficient (Wildman–Crippen LogP) is 1.81. The number of carbonyl (C=O) groups excluding carboxylic acids is 2. The van der Waals surface area contributed by atoms with Crippen molar-refractivity contribution in [2.24, 2.45) is 0 Å². The standard InChI is InChI=1S/C12H20O4S/c1-2-15-12(14)6-5-10(13)8-17-9-11-4-3-7-16-11/h11H,2-9H2,1H3. The van der Waals surface area contributed by atoms with Crippen LogP contribution in [0.4, 0.5) is 0 Å². The Morgan fingerprint density at radius 3 is 2.88 bits per heavy atom. The summed E-state index contributed by atoms with van der Waals surface area (Å²) in [5.41, 5.74) is 0. The molecule has 0 aromatic rings. The molecule has 1 aliphatic rings. The average molecular weight is 260 g/mol. The molecule has 17 heavy (non-hydrogen) atoms. The van der Waals surface area contributed by atoms with Crippen LogP contribution >= 0.6 is 11.8 Å². The molecule has 0 bridgehead atoms. The first-order valence-corrected chi connectivity index (χ1v) is 7.24. The lowest BCUT2D eigenvalue weighted by Gasteiger charge is -2.07. The highest BCUT2D eigenvalue weighted by atomic mass is 32.2. The zero-order valence-corrected chi connectivity index (χ0v) is 11.1. The molecule has 0 spiro atoms. The minimum absolute atomic E-state index is 0.112. The quantitative estimate of drug-likeness (QED) is 0.623. The normalized spacial score (nSPS) is 19.2. The van der Waals surface area contributed by atoms with Crippen LogP contribution in [0.3, 0.4) is 0 Å². The number of carbonyl (C=O) groups is 2. The Balaban J connectivity index is 1.98. The van der Waals surface area contributed by atoms with Gasteiger partial charge in [0.05, 0.1) is 24.9 Å². The van der Waals surface area contributed by atoms with Crippen LogP contribution in [0, 0.1) is 0 Å². The van der Waals surface area contributed by atoms with Gasteiger partial charge in [-0.25, -0.2) is 0 Å². The molecular formula is C12H20O4S. The summed E-state index contributed by atoms with van der Waals surface area (Å²) < 4.78 is 10.2. The number of hydrogen-bond acceptors (Lipinski definition) is 5. The van der Waals surface area contributed by atoms with Gasteiger partial charge in [-0.15, -0.1) is 0 Å². The average Bonchev–Trinajstić information content (AvgIpc) is 2.80. The molecule has 1 rings (SSSR count). The largest absolute Gasteiger partial charge is 0.466 e. The zero-order chi connectivity index (χ0) is 12.5. The van der Waals surface area contributed by atoms with Crippen LogP contribution in [-0.4, -0.2) is 42.6 Å². The van der Waals surface area contributed by atoms with E-state index in [1.54, 1.807) is 18.7 Å². The van der Waals surface area contributed by atoms with E-state index in [9.17, 15) is 9.59 Å². The van der Waals surface area contributed by atoms with Crippen LogP contribution in [0.15, 0.2) is 0 Å². The summed E-state index contributed by atoms with van der Waals surface area (Å²) in [6, 6.07) is 0. The van der Waals surface area contributed by atoms with Crippen LogP contribution in [0.25, 0.3) is 0 Å². The minimum Gasteiger partial charge on any atom is -0.466 e. The van der Waals surface area contributed by atoms with E-state index in [0.29, 0.717) is 18.5 Å². The summed E-state index contributed by atoms with van der Waals surface area (Å²) in [4.78, 5) is 22.5. The third-order valence-corrected chi connectivity index (χ3v) is 3.64. The number of ether oxygens (including phenoxy) is 2. The van der Waals surface area contributed by atoms with E-state index in [1.807, 2.05) is 0 Å². The summed E-state index contributed by atoms with van der Waals surface area (Å²) in [5.74, 6) is 1.18. The molecule has 0 saturated carbocycles. The van der Waals surface area contributed by atoms with E-state index in [4.69, 9.17) is 9.47 Å². The molecular weight excluding hydrogens is 240 g/mol. The molecule has 1 fully saturated rings. The van der Waals surface area contributed by atoms with Gasteiger partial charge in [0.25, 0.3) is 0 Å². The second kappa shape index (κ2) is 8.53. The Kier molecular flexibility index (Phi) is 7.28. The van der Waals surface area contributed by atoms with E-state index in [-0.39, 0.29) is 24.6 Å². The van der Waals surface area contributed by atoms with Gasteiger partial charge in [0.2, 0.25) is 0 Å². The van der Waals surface area contributed by atoms with Crippen LogP contribution in [0.5, 0.6) is 0 Å². The molecule has 0 N–H and O–H groups in total. The van der Waals surface area contributed by atoms with Gasteiger partial charge in [-0.1, -0.05) is 0 Å². The summed E-state index contributed by atoms with van der Waals surface area (Å²) >= 11 is 1.60. The molecule has 1 saturated heterocycles. The lowest BCUT2D eigenvalue weighted by molar-refractivity contribution is -0.144. The summed E-state index contributed by atoms with van der Waals surface area (Å²) in [6.45, 7) is 2.99. The van der Waals surface area contributed by atoms with Gasteiger partial charge in [-0.05, 0) is 19.8 Å². The van der Waals surface area contributed by atoms with Gasteiger partial charge in [0.1, 0.15) is 5.78 Å². The Hall–Kier alpha value is -0.550. The first-order valence-electron chi connectivity index (χ1n) is 6.09. The zero-order valence-electron chi connectivity index (χ0n) is 10.3. The number of rotatable bonds is 8. The van der Waals surface area contributed by atoms with Crippen molar-refractivity contribution in [2.75, 3.05) is 24.7 Å². The van der Waals surface area contributed by atoms with Gasteiger partial charge in [0.15, 0.2) is 0 Å². The first-order chi connectivity index (χ1) is 8.22. The fraction of sp³-hybridized carbons (Fsp3) is 0.833. The van der Waals surface area contributed by atoms with Crippen LogP contribution in [-0.2, 0) is 19.1 Å². The number of esters is 1. The number of thioether (sulfide) groups is 1. The second-order valence-corrected chi connectivity index (χ2v) is 5.02. The highest BCUT2D eigenvalue weighted by Gasteiger charge is 2.16. The molecule has 0 aromatic carbocycles. The number of hydrogen-bond donors (Lipinski definition) is 0. The lowest BCUT2D eigenvalue weighted by Crippen LogP contribution is -2.12. The summed E-state index contributed by atoms with van der Waals surface area (Å²) in [6.07, 6.45) is 3.04. The number of Topliss-reactive ketones (excluding diaryl/α,β-unsaturated/α-hetero) is 1. The summed E-state index contributed by atoms with van der Waals surface area (Å²) in [7, 11) is 0. The third-order valence-electron chi connectivity index (χ3n) is 2.50. The molecule has 0 aromatic heterocycles. The fourth-order valence-electron chi connectivity index (χ4n) is 1.63. The second-order valence-electron chi connectivity index (χ2n) is 3.99. The van der Waals surface area contributed by atoms with Gasteiger partial charge >= 0.3 is 5.97 Å². The smallest absolute Gasteiger partial charge is 0.306 e. The monoisotopic (exact) mass is 260 g/mol. The molecule has 4 nitrogen and oxygen atoms in total. The van der Waals surface area contributed by atoms with Crippen LogP contribution in [0.1, 0.15) is 32.6 Å². The topological polar surface area (TPSA) is 52.6 Å². The van der Waals surface area contributed by atoms with Crippen LogP contribution < -0.4 is 0 Å². The predicted molar refractivity (Wildman–Crippen MR) is 67.2 cm³/mol. The van der Waals surface area contributed by atoms with Crippen molar-refractivity contribution in [1.29, 1.82) is 0 Å². The maximum absolute atomic E-state index is 11.5. The van der Waals surface area contributed by atoms with Gasteiger partial charge < -0.3 is 9.47 Å². The highest BCUT2D eigenvalue weighted by Crippen LogP contribution is 2.17. The van der Waals surface area contributed by atoms with E-state index in [1.165, 1.54) is 0 Å². The minimum atomic E-state index is -0.287. The Morgan fingerprint density at radius 2 is 2.24 bits per heavy atom. The maximum Gasteiger partial charge on any atom is 0.306 e. The van der Waals surface area contributed by atoms with Crippen molar-refractivity contribution in [3.63, 3.8) is 0 Å². The molecule has 0 amide bonds. The molecule has 1 unspecified atom stereocenters. The molecule has 0 aliphatic carbocycles. The summed E-state index contributed by atoms with van der Waals surface area (Å²) in [5, 5.41) is 0. The SMILES string of the molecule is CCOC(=O)CCC(=O)CSCC1CCCO1. The van der Waals surface area contributed by atoms with Crippen molar-refractivity contribution in [1.82, 2.24) is 0 Å². The molecule has 1 atom stereocenters. The fourth-order valence-corrected chi connectivity index (χ4v) is 2.64. The molecule has 98 valence electrons. The Morgan fingerprint density at radius 1 is 1.41 bits per heavy atom.